The molecule has 0 heterocycles. The van der Waals surface area contributed by atoms with Crippen LogP contribution in [0.5, 0.6) is 5.75 Å². The van der Waals surface area contributed by atoms with Crippen LogP contribution in [0.4, 0.5) is 0 Å². The summed E-state index contributed by atoms with van der Waals surface area (Å²) in [6.45, 7) is 0.236. The fourth-order valence-electron chi connectivity index (χ4n) is 0.917. The van der Waals surface area contributed by atoms with Crippen molar-refractivity contribution in [2.45, 2.75) is 6.54 Å². The molecule has 4 heteroatoms. The SMILES string of the molecule is COc1ccc(Cl)c(CN=C=O)c1. The quantitative estimate of drug-likeness (QED) is 0.550. The van der Waals surface area contributed by atoms with E-state index >= 15 is 0 Å². The van der Waals surface area contributed by atoms with E-state index in [4.69, 9.17) is 16.3 Å². The predicted molar refractivity (Wildman–Crippen MR) is 49.8 cm³/mol. The lowest BCUT2D eigenvalue weighted by Crippen LogP contribution is -1.87. The summed E-state index contributed by atoms with van der Waals surface area (Å²) < 4.78 is 4.99. The van der Waals surface area contributed by atoms with Crippen LogP contribution in [0.3, 0.4) is 0 Å². The second kappa shape index (κ2) is 4.65. The van der Waals surface area contributed by atoms with Crippen molar-refractivity contribution in [3.8, 4) is 5.75 Å². The number of hydrogen-bond acceptors (Lipinski definition) is 3. The van der Waals surface area contributed by atoms with Crippen LogP contribution in [-0.4, -0.2) is 13.2 Å². The Labute approximate surface area is 81.0 Å². The molecule has 0 saturated heterocycles. The minimum atomic E-state index is 0.236. The van der Waals surface area contributed by atoms with E-state index in [-0.39, 0.29) is 6.54 Å². The summed E-state index contributed by atoms with van der Waals surface area (Å²) in [6.07, 6.45) is 1.46. The van der Waals surface area contributed by atoms with Gasteiger partial charge < -0.3 is 4.74 Å². The van der Waals surface area contributed by atoms with Crippen molar-refractivity contribution in [3.05, 3.63) is 28.8 Å². The molecular formula is C9H8ClNO2. The van der Waals surface area contributed by atoms with E-state index in [0.717, 1.165) is 5.56 Å². The first kappa shape index (κ1) is 9.78. The van der Waals surface area contributed by atoms with Gasteiger partial charge in [-0.3, -0.25) is 0 Å². The number of nitrogens with zero attached hydrogens (tertiary/aromatic N) is 1. The molecule has 13 heavy (non-hydrogen) atoms. The van der Waals surface area contributed by atoms with Crippen LogP contribution in [0.2, 0.25) is 5.02 Å². The molecule has 0 atom stereocenters. The van der Waals surface area contributed by atoms with E-state index in [1.54, 1.807) is 25.3 Å². The number of aliphatic imine (C=N–C) groups is 1. The first-order chi connectivity index (χ1) is 6.27. The Morgan fingerprint density at radius 1 is 1.62 bits per heavy atom. The number of ether oxygens (including phenoxy) is 1. The van der Waals surface area contributed by atoms with Gasteiger partial charge in [-0.25, -0.2) is 9.79 Å². The van der Waals surface area contributed by atoms with Gasteiger partial charge in [-0.2, -0.15) is 0 Å². The number of benzene rings is 1. The molecule has 0 N–H and O–H groups in total. The minimum Gasteiger partial charge on any atom is -0.497 e. The summed E-state index contributed by atoms with van der Waals surface area (Å²) >= 11 is 5.84. The number of halogens is 1. The molecule has 0 aliphatic carbocycles. The molecule has 68 valence electrons. The van der Waals surface area contributed by atoms with E-state index < -0.39 is 0 Å². The van der Waals surface area contributed by atoms with Gasteiger partial charge in [0.1, 0.15) is 5.75 Å². The Morgan fingerprint density at radius 3 is 3.00 bits per heavy atom. The van der Waals surface area contributed by atoms with Gasteiger partial charge in [0.25, 0.3) is 0 Å². The normalized spacial score (nSPS) is 9.08. The number of carbonyl (C=O) groups excluding carboxylic acids is 1. The van der Waals surface area contributed by atoms with Crippen molar-refractivity contribution >= 4 is 17.7 Å². The van der Waals surface area contributed by atoms with Crippen LogP contribution in [0, 0.1) is 0 Å². The van der Waals surface area contributed by atoms with Gasteiger partial charge in [0.2, 0.25) is 6.08 Å². The highest BCUT2D eigenvalue weighted by molar-refractivity contribution is 6.31. The van der Waals surface area contributed by atoms with Crippen molar-refractivity contribution in [1.29, 1.82) is 0 Å². The molecule has 0 aliphatic heterocycles. The molecule has 0 aliphatic rings. The van der Waals surface area contributed by atoms with Crippen LogP contribution in [0.25, 0.3) is 0 Å². The lowest BCUT2D eigenvalue weighted by Gasteiger charge is -2.03. The second-order valence-corrected chi connectivity index (χ2v) is 2.77. The third-order valence-electron chi connectivity index (χ3n) is 1.57. The van der Waals surface area contributed by atoms with E-state index in [1.807, 2.05) is 0 Å². The highest BCUT2D eigenvalue weighted by Crippen LogP contribution is 2.22. The maximum Gasteiger partial charge on any atom is 0.235 e. The van der Waals surface area contributed by atoms with Gasteiger partial charge in [-0.1, -0.05) is 11.6 Å². The van der Waals surface area contributed by atoms with E-state index in [0.29, 0.717) is 10.8 Å². The maximum atomic E-state index is 9.88. The second-order valence-electron chi connectivity index (χ2n) is 2.36. The van der Waals surface area contributed by atoms with E-state index in [2.05, 4.69) is 4.99 Å². The van der Waals surface area contributed by atoms with Crippen LogP contribution in [0.1, 0.15) is 5.56 Å². The van der Waals surface area contributed by atoms with Gasteiger partial charge in [0.05, 0.1) is 13.7 Å². The Hall–Kier alpha value is -1.31. The number of isocyanates is 1. The summed E-state index contributed by atoms with van der Waals surface area (Å²) in [6, 6.07) is 5.19. The zero-order valence-electron chi connectivity index (χ0n) is 7.08. The van der Waals surface area contributed by atoms with Gasteiger partial charge in [-0.15, -0.1) is 0 Å². The highest BCUT2D eigenvalue weighted by atomic mass is 35.5. The fourth-order valence-corrected chi connectivity index (χ4v) is 1.09. The number of rotatable bonds is 3. The molecule has 0 radical (unpaired) electrons. The minimum absolute atomic E-state index is 0.236. The molecular weight excluding hydrogens is 190 g/mol. The van der Waals surface area contributed by atoms with Crippen LogP contribution in [0.15, 0.2) is 23.2 Å². The third-order valence-corrected chi connectivity index (χ3v) is 1.94. The predicted octanol–water partition coefficient (Wildman–Crippen LogP) is 2.18. The van der Waals surface area contributed by atoms with Crippen LogP contribution >= 0.6 is 11.6 Å². The number of hydrogen-bond donors (Lipinski definition) is 0. The molecule has 0 spiro atoms. The molecule has 1 aromatic carbocycles. The van der Waals surface area contributed by atoms with Gasteiger partial charge in [0.15, 0.2) is 0 Å². The molecule has 0 aromatic heterocycles. The standard InChI is InChI=1S/C9H8ClNO2/c1-13-8-2-3-9(10)7(4-8)5-11-6-12/h2-4H,5H2,1H3. The zero-order valence-corrected chi connectivity index (χ0v) is 7.84. The first-order valence-corrected chi connectivity index (χ1v) is 4.01. The van der Waals surface area contributed by atoms with Crippen molar-refractivity contribution < 1.29 is 9.53 Å². The summed E-state index contributed by atoms with van der Waals surface area (Å²) in [5.41, 5.74) is 0.754. The van der Waals surface area contributed by atoms with Crippen molar-refractivity contribution in [2.24, 2.45) is 4.99 Å². The summed E-state index contributed by atoms with van der Waals surface area (Å²) in [7, 11) is 1.57. The fraction of sp³-hybridized carbons (Fsp3) is 0.222. The molecule has 0 amide bonds. The lowest BCUT2D eigenvalue weighted by molar-refractivity contribution is 0.414. The van der Waals surface area contributed by atoms with Gasteiger partial charge in [0, 0.05) is 5.02 Å². The van der Waals surface area contributed by atoms with Crippen molar-refractivity contribution in [2.75, 3.05) is 7.11 Å². The van der Waals surface area contributed by atoms with Crippen molar-refractivity contribution in [3.63, 3.8) is 0 Å². The van der Waals surface area contributed by atoms with Crippen molar-refractivity contribution in [1.82, 2.24) is 0 Å². The first-order valence-electron chi connectivity index (χ1n) is 3.64. The highest BCUT2D eigenvalue weighted by Gasteiger charge is 2.00. The Balaban J connectivity index is 2.96. The smallest absolute Gasteiger partial charge is 0.235 e. The Bertz CT molecular complexity index is 345. The van der Waals surface area contributed by atoms with E-state index in [1.165, 1.54) is 6.08 Å². The Kier molecular flexibility index (Phi) is 3.50. The molecule has 0 saturated carbocycles. The van der Waals surface area contributed by atoms with Gasteiger partial charge in [-0.05, 0) is 23.8 Å². The third kappa shape index (κ3) is 2.58. The summed E-state index contributed by atoms with van der Waals surface area (Å²) in [5.74, 6) is 0.695. The largest absolute Gasteiger partial charge is 0.497 e. The lowest BCUT2D eigenvalue weighted by atomic mass is 10.2. The monoisotopic (exact) mass is 197 g/mol. The molecule has 0 bridgehead atoms. The Morgan fingerprint density at radius 2 is 2.38 bits per heavy atom. The molecule has 1 aromatic rings. The topological polar surface area (TPSA) is 38.7 Å². The molecule has 3 nitrogen and oxygen atoms in total. The average molecular weight is 198 g/mol. The van der Waals surface area contributed by atoms with Gasteiger partial charge >= 0.3 is 0 Å². The zero-order chi connectivity index (χ0) is 9.68. The summed E-state index contributed by atoms with van der Waals surface area (Å²) in [5, 5.41) is 0.569. The average Bonchev–Trinajstić information content (AvgIpc) is 2.17. The van der Waals surface area contributed by atoms with Crippen LogP contribution in [-0.2, 0) is 11.3 Å². The summed E-state index contributed by atoms with van der Waals surface area (Å²) in [4.78, 5) is 13.3. The van der Waals surface area contributed by atoms with E-state index in [9.17, 15) is 4.79 Å². The number of methoxy groups -OCH3 is 1. The maximum absolute atomic E-state index is 9.88. The molecule has 0 fully saturated rings. The van der Waals surface area contributed by atoms with Crippen LogP contribution < -0.4 is 4.74 Å². The molecule has 0 unspecified atom stereocenters. The molecule has 1 rings (SSSR count).